The molecule has 2 heterocycles. The zero-order valence-corrected chi connectivity index (χ0v) is 28.8. The predicted molar refractivity (Wildman–Crippen MR) is 148 cm³/mol. The van der Waals surface area contributed by atoms with E-state index in [0.29, 0.717) is 0 Å². The van der Waals surface area contributed by atoms with Gasteiger partial charge in [0.2, 0.25) is 0 Å². The van der Waals surface area contributed by atoms with Crippen molar-refractivity contribution < 1.29 is 68.2 Å². The SMILES string of the molecule is CC[Si]1(C2=CC=CC2)CCC1.CC[Si]1(C2=CC=CC2)CCC1.[C-]1=CC=CC1.[C-]1=CC=CC1.[Cl-].[Cl-].[Ti].[Ti]. The summed E-state index contributed by atoms with van der Waals surface area (Å²) in [5.41, 5.74) is 0. The Morgan fingerprint density at radius 2 is 1.00 bits per heavy atom. The zero-order valence-electron chi connectivity index (χ0n) is 22.2. The van der Waals surface area contributed by atoms with Crippen molar-refractivity contribution in [3.8, 4) is 0 Å². The minimum atomic E-state index is -0.785. The molecule has 196 valence electrons. The molecule has 0 aromatic carbocycles. The molecule has 0 radical (unpaired) electrons. The fourth-order valence-corrected chi connectivity index (χ4v) is 13.4. The van der Waals surface area contributed by atoms with Crippen molar-refractivity contribution in [3.05, 3.63) is 95.5 Å². The Kier molecular flexibility index (Phi) is 22.7. The van der Waals surface area contributed by atoms with Crippen molar-refractivity contribution in [2.24, 2.45) is 0 Å². The Hall–Kier alpha value is 0.362. The van der Waals surface area contributed by atoms with Gasteiger partial charge in [0.25, 0.3) is 0 Å². The smallest absolute Gasteiger partial charge is 0.0816 e. The summed E-state index contributed by atoms with van der Waals surface area (Å²) in [5.74, 6) is 0. The summed E-state index contributed by atoms with van der Waals surface area (Å²) in [4.78, 5) is 0. The number of rotatable bonds is 4. The quantitative estimate of drug-likeness (QED) is 0.333. The van der Waals surface area contributed by atoms with Crippen LogP contribution in [-0.2, 0) is 43.4 Å². The van der Waals surface area contributed by atoms with E-state index < -0.39 is 16.1 Å². The van der Waals surface area contributed by atoms with Crippen LogP contribution in [0.4, 0.5) is 0 Å². The van der Waals surface area contributed by atoms with Crippen molar-refractivity contribution in [2.75, 3.05) is 0 Å². The molecule has 0 spiro atoms. The van der Waals surface area contributed by atoms with Crippen LogP contribution >= 0.6 is 0 Å². The molecule has 0 saturated carbocycles. The molecule has 6 aliphatic rings. The fourth-order valence-electron chi connectivity index (χ4n) is 5.37. The van der Waals surface area contributed by atoms with Crippen molar-refractivity contribution in [1.82, 2.24) is 0 Å². The van der Waals surface area contributed by atoms with E-state index in [1.165, 1.54) is 37.8 Å². The Labute approximate surface area is 266 Å². The topological polar surface area (TPSA) is 0 Å². The Morgan fingerprint density at radius 1 is 0.611 bits per heavy atom. The van der Waals surface area contributed by atoms with E-state index in [0.717, 1.165) is 12.8 Å². The fraction of sp³-hybridized carbons (Fsp3) is 0.467. The minimum Gasteiger partial charge on any atom is -1.00 e. The van der Waals surface area contributed by atoms with E-state index in [2.05, 4.69) is 74.6 Å². The molecule has 6 heteroatoms. The molecular weight excluding hydrogens is 583 g/mol. The third-order valence-corrected chi connectivity index (χ3v) is 19.5. The van der Waals surface area contributed by atoms with Gasteiger partial charge in [0, 0.05) is 43.4 Å². The van der Waals surface area contributed by atoms with Crippen molar-refractivity contribution >= 4 is 16.1 Å². The molecule has 0 aromatic heterocycles. The second-order valence-corrected chi connectivity index (χ2v) is 19.4. The summed E-state index contributed by atoms with van der Waals surface area (Å²) in [5, 5.41) is 3.68. The van der Waals surface area contributed by atoms with Crippen LogP contribution in [0.1, 0.15) is 52.4 Å². The van der Waals surface area contributed by atoms with Gasteiger partial charge >= 0.3 is 0 Å². The summed E-state index contributed by atoms with van der Waals surface area (Å²) >= 11 is 0. The molecular formula is C30H42Cl2Si2Ti2-4. The number of allylic oxidation sites excluding steroid dienone is 16. The monoisotopic (exact) mass is 624 g/mol. The first kappa shape index (κ1) is 38.5. The molecule has 2 aliphatic heterocycles. The average Bonchev–Trinajstić information content (AvgIpc) is 3.59. The normalized spacial score (nSPS) is 21.1. The molecule has 0 N–H and O–H groups in total. The third kappa shape index (κ3) is 11.2. The van der Waals surface area contributed by atoms with Gasteiger partial charge in [0.1, 0.15) is 0 Å². The maximum absolute atomic E-state index is 2.99. The average molecular weight is 625 g/mol. The predicted octanol–water partition coefficient (Wildman–Crippen LogP) is 3.18. The van der Waals surface area contributed by atoms with Crippen LogP contribution in [0.3, 0.4) is 0 Å². The summed E-state index contributed by atoms with van der Waals surface area (Å²) in [6, 6.07) is 9.29. The van der Waals surface area contributed by atoms with Crippen molar-refractivity contribution in [1.29, 1.82) is 0 Å². The van der Waals surface area contributed by atoms with E-state index in [4.69, 9.17) is 0 Å². The van der Waals surface area contributed by atoms with E-state index in [1.54, 1.807) is 24.2 Å². The van der Waals surface area contributed by atoms with E-state index >= 15 is 0 Å². The number of hydrogen-bond acceptors (Lipinski definition) is 0. The second kappa shape index (κ2) is 21.2. The van der Waals surface area contributed by atoms with Gasteiger partial charge in [-0.25, -0.2) is 24.3 Å². The summed E-state index contributed by atoms with van der Waals surface area (Å²) < 4.78 is 0. The van der Waals surface area contributed by atoms with Crippen LogP contribution in [0.2, 0.25) is 36.3 Å². The maximum Gasteiger partial charge on any atom is 0.0816 e. The first-order valence-electron chi connectivity index (χ1n) is 12.9. The molecule has 0 bridgehead atoms. The van der Waals surface area contributed by atoms with Crippen LogP contribution < -0.4 is 24.8 Å². The van der Waals surface area contributed by atoms with Gasteiger partial charge in [-0.3, -0.25) is 12.2 Å². The Balaban J connectivity index is 0. The maximum atomic E-state index is 2.99. The van der Waals surface area contributed by atoms with Crippen molar-refractivity contribution in [2.45, 2.75) is 88.6 Å². The van der Waals surface area contributed by atoms with E-state index in [1.807, 2.05) is 34.7 Å². The standard InChI is InChI=1S/2C10H16Si.2C5H5.2ClH.2Ti/c2*1-2-11(8-5-9-11)10-6-3-4-7-10;2*1-2-4-5-3-1;;;;/h2*3-4,6H,2,5,7-9H2,1H3;2*1-3H,4H2;2*1H;;/q;;2*-1;;;;/p-2. The first-order chi connectivity index (χ1) is 15.7. The van der Waals surface area contributed by atoms with Gasteiger partial charge in [0.15, 0.2) is 0 Å². The number of hydrogen-bond donors (Lipinski definition) is 0. The largest absolute Gasteiger partial charge is 1.00 e. The van der Waals surface area contributed by atoms with Gasteiger partial charge in [0.05, 0.1) is 16.1 Å². The molecule has 0 nitrogen and oxygen atoms in total. The van der Waals surface area contributed by atoms with Gasteiger partial charge in [-0.2, -0.15) is 12.2 Å². The van der Waals surface area contributed by atoms with Crippen LogP contribution in [0.5, 0.6) is 0 Å². The Bertz CT molecular complexity index is 742. The molecule has 0 atom stereocenters. The van der Waals surface area contributed by atoms with Gasteiger partial charge in [-0.15, -0.1) is 12.8 Å². The van der Waals surface area contributed by atoms with Gasteiger partial charge < -0.3 is 24.8 Å². The van der Waals surface area contributed by atoms with Crippen LogP contribution in [0, 0.1) is 12.2 Å². The summed E-state index contributed by atoms with van der Waals surface area (Å²) in [6.07, 6.45) is 39.5. The summed E-state index contributed by atoms with van der Waals surface area (Å²) in [7, 11) is -1.57. The van der Waals surface area contributed by atoms with Crippen LogP contribution in [0.25, 0.3) is 0 Å². The molecule has 0 unspecified atom stereocenters. The van der Waals surface area contributed by atoms with Gasteiger partial charge in [-0.05, 0) is 12.8 Å². The van der Waals surface area contributed by atoms with Crippen LogP contribution in [0.15, 0.2) is 83.3 Å². The third-order valence-electron chi connectivity index (χ3n) is 8.05. The molecule has 2 fully saturated rings. The van der Waals surface area contributed by atoms with Crippen LogP contribution in [-0.4, -0.2) is 16.1 Å². The zero-order chi connectivity index (χ0) is 22.5. The second-order valence-electron chi connectivity index (χ2n) is 9.63. The van der Waals surface area contributed by atoms with Gasteiger partial charge in [-0.1, -0.05) is 110 Å². The molecule has 0 aromatic rings. The minimum absolute atomic E-state index is 0. The molecule has 0 amide bonds. The molecule has 4 aliphatic carbocycles. The van der Waals surface area contributed by atoms with E-state index in [9.17, 15) is 0 Å². The summed E-state index contributed by atoms with van der Waals surface area (Å²) in [6.45, 7) is 4.79. The first-order valence-corrected chi connectivity index (χ1v) is 18.1. The van der Waals surface area contributed by atoms with E-state index in [-0.39, 0.29) is 68.2 Å². The number of halogens is 2. The Morgan fingerprint density at radius 3 is 1.14 bits per heavy atom. The van der Waals surface area contributed by atoms with Crippen molar-refractivity contribution in [3.63, 3.8) is 0 Å². The molecule has 6 rings (SSSR count). The molecule has 36 heavy (non-hydrogen) atoms. The molecule has 2 saturated heterocycles.